The number of hydrogen-bond donors (Lipinski definition) is 1. The van der Waals surface area contributed by atoms with E-state index < -0.39 is 6.04 Å². The smallest absolute Gasteiger partial charge is 0.332 e. The van der Waals surface area contributed by atoms with Gasteiger partial charge in [0.15, 0.2) is 6.04 Å². The number of rotatable bonds is 2. The Balaban J connectivity index is 2.07. The minimum atomic E-state index is -0.397. The fraction of sp³-hybridized carbons (Fsp3) is 0.714. The van der Waals surface area contributed by atoms with Gasteiger partial charge in [0.1, 0.15) is 6.10 Å². The molecule has 0 radical (unpaired) electrons. The summed E-state index contributed by atoms with van der Waals surface area (Å²) in [5, 5.41) is 2.57. The molecule has 2 fully saturated rings. The SMILES string of the molecule is O=C1NC2C(=O)OC2C1CCCl. The first-order valence-electron chi connectivity index (χ1n) is 3.81. The summed E-state index contributed by atoms with van der Waals surface area (Å²) in [6.45, 7) is 0. The second-order valence-electron chi connectivity index (χ2n) is 2.97. The third-order valence-corrected chi connectivity index (χ3v) is 2.50. The first-order valence-corrected chi connectivity index (χ1v) is 4.34. The molecule has 2 saturated heterocycles. The number of halogens is 1. The van der Waals surface area contributed by atoms with Crippen LogP contribution in [-0.2, 0) is 14.3 Å². The van der Waals surface area contributed by atoms with Crippen molar-refractivity contribution >= 4 is 23.5 Å². The van der Waals surface area contributed by atoms with E-state index in [-0.39, 0.29) is 23.9 Å². The van der Waals surface area contributed by atoms with Crippen LogP contribution in [0.5, 0.6) is 0 Å². The molecule has 0 spiro atoms. The molecule has 2 heterocycles. The molecule has 4 nitrogen and oxygen atoms in total. The van der Waals surface area contributed by atoms with Crippen molar-refractivity contribution in [1.82, 2.24) is 5.32 Å². The van der Waals surface area contributed by atoms with Gasteiger partial charge in [-0.2, -0.15) is 0 Å². The molecule has 2 aliphatic heterocycles. The lowest BCUT2D eigenvalue weighted by atomic mass is 9.95. The van der Waals surface area contributed by atoms with Gasteiger partial charge in [-0.25, -0.2) is 4.79 Å². The molecule has 66 valence electrons. The highest BCUT2D eigenvalue weighted by Gasteiger charge is 2.55. The van der Waals surface area contributed by atoms with Crippen molar-refractivity contribution in [3.8, 4) is 0 Å². The molecule has 1 amide bonds. The van der Waals surface area contributed by atoms with E-state index in [1.54, 1.807) is 0 Å². The Kier molecular flexibility index (Phi) is 1.72. The van der Waals surface area contributed by atoms with Gasteiger partial charge in [-0.1, -0.05) is 0 Å². The zero-order valence-electron chi connectivity index (χ0n) is 6.25. The molecular weight excluding hydrogens is 182 g/mol. The number of amides is 1. The van der Waals surface area contributed by atoms with Crippen LogP contribution in [0.15, 0.2) is 0 Å². The summed E-state index contributed by atoms with van der Waals surface area (Å²) in [4.78, 5) is 21.9. The van der Waals surface area contributed by atoms with Crippen molar-refractivity contribution in [2.24, 2.45) is 5.92 Å². The lowest BCUT2D eigenvalue weighted by molar-refractivity contribution is -0.175. The zero-order valence-corrected chi connectivity index (χ0v) is 7.00. The summed E-state index contributed by atoms with van der Waals surface area (Å²) in [6, 6.07) is -0.397. The fourth-order valence-corrected chi connectivity index (χ4v) is 1.85. The molecule has 5 heteroatoms. The molecule has 2 aliphatic rings. The third-order valence-electron chi connectivity index (χ3n) is 2.29. The Morgan fingerprint density at radius 1 is 1.50 bits per heavy atom. The lowest BCUT2D eigenvalue weighted by Crippen LogP contribution is -2.53. The van der Waals surface area contributed by atoms with E-state index in [0.29, 0.717) is 12.3 Å². The van der Waals surface area contributed by atoms with Gasteiger partial charge in [-0.3, -0.25) is 4.79 Å². The van der Waals surface area contributed by atoms with Crippen molar-refractivity contribution < 1.29 is 14.3 Å². The Labute approximate surface area is 74.2 Å². The van der Waals surface area contributed by atoms with Gasteiger partial charge in [0.25, 0.3) is 0 Å². The van der Waals surface area contributed by atoms with Crippen molar-refractivity contribution in [3.63, 3.8) is 0 Å². The second kappa shape index (κ2) is 2.62. The molecule has 0 aromatic heterocycles. The van der Waals surface area contributed by atoms with E-state index >= 15 is 0 Å². The highest BCUT2D eigenvalue weighted by molar-refractivity contribution is 6.18. The van der Waals surface area contributed by atoms with Crippen LogP contribution in [0.2, 0.25) is 0 Å². The number of esters is 1. The predicted molar refractivity (Wildman–Crippen MR) is 40.6 cm³/mol. The molecule has 0 aliphatic carbocycles. The maximum absolute atomic E-state index is 11.2. The average molecular weight is 190 g/mol. The Morgan fingerprint density at radius 3 is 2.75 bits per heavy atom. The van der Waals surface area contributed by atoms with Crippen LogP contribution in [0.1, 0.15) is 6.42 Å². The Hall–Kier alpha value is -0.770. The Bertz CT molecular complexity index is 243. The molecule has 12 heavy (non-hydrogen) atoms. The number of fused-ring (bicyclic) bond motifs is 1. The molecular formula is C7H8ClNO3. The normalized spacial score (nSPS) is 38.2. The molecule has 0 bridgehead atoms. The Morgan fingerprint density at radius 2 is 2.25 bits per heavy atom. The largest absolute Gasteiger partial charge is 0.457 e. The number of ether oxygens (including phenoxy) is 1. The van der Waals surface area contributed by atoms with Crippen molar-refractivity contribution in [2.45, 2.75) is 18.6 Å². The second-order valence-corrected chi connectivity index (χ2v) is 3.35. The molecule has 0 saturated carbocycles. The van der Waals surface area contributed by atoms with Crippen LogP contribution >= 0.6 is 11.6 Å². The van der Waals surface area contributed by atoms with E-state index in [4.69, 9.17) is 16.3 Å². The van der Waals surface area contributed by atoms with Crippen molar-refractivity contribution in [3.05, 3.63) is 0 Å². The van der Waals surface area contributed by atoms with Gasteiger partial charge in [0, 0.05) is 5.88 Å². The first-order chi connectivity index (χ1) is 5.74. The van der Waals surface area contributed by atoms with Gasteiger partial charge in [-0.05, 0) is 6.42 Å². The predicted octanol–water partition coefficient (Wildman–Crippen LogP) is -0.345. The van der Waals surface area contributed by atoms with Gasteiger partial charge in [0.2, 0.25) is 5.91 Å². The zero-order chi connectivity index (χ0) is 8.72. The highest BCUT2D eigenvalue weighted by atomic mass is 35.5. The first kappa shape index (κ1) is 7.86. The summed E-state index contributed by atoms with van der Waals surface area (Å²) in [5.41, 5.74) is 0. The number of carbonyl (C=O) groups excluding carboxylic acids is 2. The van der Waals surface area contributed by atoms with Crippen molar-refractivity contribution in [2.75, 3.05) is 5.88 Å². The number of carbonyl (C=O) groups is 2. The van der Waals surface area contributed by atoms with E-state index in [9.17, 15) is 9.59 Å². The van der Waals surface area contributed by atoms with Gasteiger partial charge < -0.3 is 10.1 Å². The van der Waals surface area contributed by atoms with Gasteiger partial charge in [0.05, 0.1) is 5.92 Å². The van der Waals surface area contributed by atoms with Crippen LogP contribution < -0.4 is 5.32 Å². The highest BCUT2D eigenvalue weighted by Crippen LogP contribution is 2.31. The van der Waals surface area contributed by atoms with Crippen LogP contribution in [0.25, 0.3) is 0 Å². The van der Waals surface area contributed by atoms with Crippen LogP contribution in [0, 0.1) is 5.92 Å². The molecule has 1 N–H and O–H groups in total. The van der Waals surface area contributed by atoms with Crippen LogP contribution in [0.3, 0.4) is 0 Å². The van der Waals surface area contributed by atoms with Gasteiger partial charge >= 0.3 is 5.97 Å². The number of alkyl halides is 1. The van der Waals surface area contributed by atoms with Gasteiger partial charge in [-0.15, -0.1) is 11.6 Å². The van der Waals surface area contributed by atoms with E-state index in [0.717, 1.165) is 0 Å². The third kappa shape index (κ3) is 0.909. The average Bonchev–Trinajstić information content (AvgIpc) is 2.28. The fourth-order valence-electron chi connectivity index (χ4n) is 1.62. The maximum Gasteiger partial charge on any atom is 0.332 e. The van der Waals surface area contributed by atoms with Crippen LogP contribution in [-0.4, -0.2) is 29.9 Å². The molecule has 3 atom stereocenters. The lowest BCUT2D eigenvalue weighted by Gasteiger charge is -2.30. The quantitative estimate of drug-likeness (QED) is 0.478. The minimum Gasteiger partial charge on any atom is -0.457 e. The van der Waals surface area contributed by atoms with E-state index in [1.807, 2.05) is 0 Å². The molecule has 0 aromatic carbocycles. The molecule has 0 aromatic rings. The summed E-state index contributed by atoms with van der Waals surface area (Å²) in [5.74, 6) is -0.258. The topological polar surface area (TPSA) is 55.4 Å². The number of nitrogens with one attached hydrogen (secondary N) is 1. The minimum absolute atomic E-state index is 0.114. The molecule has 3 unspecified atom stereocenters. The summed E-state index contributed by atoms with van der Waals surface area (Å²) >= 11 is 5.50. The summed E-state index contributed by atoms with van der Waals surface area (Å²) in [7, 11) is 0. The van der Waals surface area contributed by atoms with Crippen LogP contribution in [0.4, 0.5) is 0 Å². The van der Waals surface area contributed by atoms with Crippen molar-refractivity contribution in [1.29, 1.82) is 0 Å². The maximum atomic E-state index is 11.2. The summed E-state index contributed by atoms with van der Waals surface area (Å²) in [6.07, 6.45) is 0.311. The van der Waals surface area contributed by atoms with E-state index in [1.165, 1.54) is 0 Å². The van der Waals surface area contributed by atoms with E-state index in [2.05, 4.69) is 5.32 Å². The molecule has 2 rings (SSSR count). The standard InChI is InChI=1S/C7H8ClNO3/c8-2-1-3-5-4(7(11)12-5)9-6(3)10/h3-5H,1-2H2,(H,9,10). The monoisotopic (exact) mass is 189 g/mol. The number of hydrogen-bond acceptors (Lipinski definition) is 3. The summed E-state index contributed by atoms with van der Waals surface area (Å²) < 4.78 is 4.82.